The van der Waals surface area contributed by atoms with Gasteiger partial charge >= 0.3 is 5.97 Å². The maximum Gasteiger partial charge on any atom is 0.338 e. The summed E-state index contributed by atoms with van der Waals surface area (Å²) in [6.07, 6.45) is 6.77. The molecule has 0 aromatic heterocycles. The number of rotatable bonds is 5. The highest BCUT2D eigenvalue weighted by Crippen LogP contribution is 2.35. The Labute approximate surface area is 166 Å². The molecule has 0 unspecified atom stereocenters. The topological polar surface area (TPSA) is 84.0 Å². The van der Waals surface area contributed by atoms with Gasteiger partial charge < -0.3 is 9.64 Å². The fourth-order valence-corrected chi connectivity index (χ4v) is 5.10. The average Bonchev–Trinajstić information content (AvgIpc) is 2.71. The SMILES string of the molecule is CN(C)S(=O)(=O)c1ccc(C(=O)OCC(=O)N2CCC[C@H]3CCCC[C@@H]32)cc1. The summed E-state index contributed by atoms with van der Waals surface area (Å²) < 4.78 is 30.5. The fourth-order valence-electron chi connectivity index (χ4n) is 4.20. The standard InChI is InChI=1S/C20H28N2O5S/c1-21(2)28(25,26)17-11-9-16(10-12-17)20(24)27-14-19(23)22-13-5-7-15-6-3-4-8-18(15)22/h9-12,15,18H,3-8,13-14H2,1-2H3/t15-,18+/m1/s1. The first kappa shape index (κ1) is 20.8. The molecule has 8 heteroatoms. The number of benzene rings is 1. The summed E-state index contributed by atoms with van der Waals surface area (Å²) in [6.45, 7) is 0.453. The van der Waals surface area contributed by atoms with Crippen molar-refractivity contribution in [3.05, 3.63) is 29.8 Å². The summed E-state index contributed by atoms with van der Waals surface area (Å²) in [5.41, 5.74) is 0.222. The van der Waals surface area contributed by atoms with Gasteiger partial charge in [-0.3, -0.25) is 4.79 Å². The van der Waals surface area contributed by atoms with Crippen molar-refractivity contribution in [2.24, 2.45) is 5.92 Å². The first-order valence-corrected chi connectivity index (χ1v) is 11.2. The number of amides is 1. The third-order valence-corrected chi connectivity index (χ3v) is 7.59. The largest absolute Gasteiger partial charge is 0.452 e. The van der Waals surface area contributed by atoms with Crippen LogP contribution in [0.25, 0.3) is 0 Å². The first-order valence-electron chi connectivity index (χ1n) is 9.80. The lowest BCUT2D eigenvalue weighted by atomic mass is 9.78. The summed E-state index contributed by atoms with van der Waals surface area (Å²) >= 11 is 0. The molecule has 2 atom stereocenters. The number of carbonyl (C=O) groups is 2. The van der Waals surface area contributed by atoms with Crippen molar-refractivity contribution in [1.29, 1.82) is 0 Å². The molecule has 0 N–H and O–H groups in total. The monoisotopic (exact) mass is 408 g/mol. The van der Waals surface area contributed by atoms with Crippen molar-refractivity contribution >= 4 is 21.9 Å². The van der Waals surface area contributed by atoms with Gasteiger partial charge in [-0.2, -0.15) is 0 Å². The van der Waals surface area contributed by atoms with Gasteiger partial charge in [-0.1, -0.05) is 12.8 Å². The second-order valence-electron chi connectivity index (χ2n) is 7.73. The number of ether oxygens (including phenoxy) is 1. The van der Waals surface area contributed by atoms with Gasteiger partial charge in [0.25, 0.3) is 5.91 Å². The van der Waals surface area contributed by atoms with Gasteiger partial charge in [-0.25, -0.2) is 17.5 Å². The van der Waals surface area contributed by atoms with Crippen LogP contribution in [0.5, 0.6) is 0 Å². The van der Waals surface area contributed by atoms with Crippen LogP contribution >= 0.6 is 0 Å². The van der Waals surface area contributed by atoms with E-state index in [1.165, 1.54) is 57.6 Å². The lowest BCUT2D eigenvalue weighted by molar-refractivity contribution is -0.140. The zero-order valence-electron chi connectivity index (χ0n) is 16.5. The summed E-state index contributed by atoms with van der Waals surface area (Å²) in [4.78, 5) is 26.9. The van der Waals surface area contributed by atoms with E-state index in [-0.39, 0.29) is 29.0 Å². The molecule has 0 bridgehead atoms. The molecule has 1 aliphatic carbocycles. The summed E-state index contributed by atoms with van der Waals surface area (Å²) in [5, 5.41) is 0. The molecule has 0 radical (unpaired) electrons. The van der Waals surface area contributed by atoms with Gasteiger partial charge in [0.1, 0.15) is 0 Å². The Bertz CT molecular complexity index is 818. The van der Waals surface area contributed by atoms with Crippen LogP contribution in [-0.2, 0) is 19.6 Å². The predicted octanol–water partition coefficient (Wildman–Crippen LogP) is 2.27. The van der Waals surface area contributed by atoms with Crippen molar-refractivity contribution in [2.45, 2.75) is 49.5 Å². The molecule has 28 heavy (non-hydrogen) atoms. The third kappa shape index (κ3) is 4.38. The van der Waals surface area contributed by atoms with E-state index in [4.69, 9.17) is 4.74 Å². The van der Waals surface area contributed by atoms with Crippen LogP contribution in [0.15, 0.2) is 29.2 Å². The number of fused-ring (bicyclic) bond motifs is 1. The Hall–Kier alpha value is -1.93. The number of sulfonamides is 1. The van der Waals surface area contributed by atoms with E-state index in [1.54, 1.807) is 0 Å². The van der Waals surface area contributed by atoms with Gasteiger partial charge in [0.15, 0.2) is 6.61 Å². The van der Waals surface area contributed by atoms with Crippen LogP contribution in [0.1, 0.15) is 48.9 Å². The van der Waals surface area contributed by atoms with Crippen LogP contribution in [0.2, 0.25) is 0 Å². The molecule has 1 aliphatic heterocycles. The van der Waals surface area contributed by atoms with E-state index in [9.17, 15) is 18.0 Å². The van der Waals surface area contributed by atoms with Crippen LogP contribution < -0.4 is 0 Å². The predicted molar refractivity (Wildman–Crippen MR) is 104 cm³/mol. The highest BCUT2D eigenvalue weighted by atomic mass is 32.2. The third-order valence-electron chi connectivity index (χ3n) is 5.76. The minimum Gasteiger partial charge on any atom is -0.452 e. The highest BCUT2D eigenvalue weighted by Gasteiger charge is 2.35. The average molecular weight is 409 g/mol. The van der Waals surface area contributed by atoms with Gasteiger partial charge in [-0.15, -0.1) is 0 Å². The molecular weight excluding hydrogens is 380 g/mol. The molecule has 2 fully saturated rings. The molecule has 1 saturated heterocycles. The lowest BCUT2D eigenvalue weighted by Gasteiger charge is -2.44. The minimum absolute atomic E-state index is 0.0989. The molecule has 3 rings (SSSR count). The highest BCUT2D eigenvalue weighted by molar-refractivity contribution is 7.89. The second-order valence-corrected chi connectivity index (χ2v) is 9.88. The Morgan fingerprint density at radius 1 is 1.07 bits per heavy atom. The number of likely N-dealkylation sites (tertiary alicyclic amines) is 1. The number of esters is 1. The Morgan fingerprint density at radius 2 is 1.71 bits per heavy atom. The van der Waals surface area contributed by atoms with E-state index in [2.05, 4.69) is 0 Å². The lowest BCUT2D eigenvalue weighted by Crippen LogP contribution is -2.50. The van der Waals surface area contributed by atoms with Crippen molar-refractivity contribution in [3.8, 4) is 0 Å². The van der Waals surface area contributed by atoms with Crippen molar-refractivity contribution < 1.29 is 22.7 Å². The first-order chi connectivity index (χ1) is 13.3. The molecule has 1 aromatic carbocycles. The van der Waals surface area contributed by atoms with Gasteiger partial charge in [0, 0.05) is 26.7 Å². The second kappa shape index (κ2) is 8.61. The Morgan fingerprint density at radius 3 is 2.39 bits per heavy atom. The zero-order chi connectivity index (χ0) is 20.3. The normalized spacial score (nSPS) is 22.6. The maximum atomic E-state index is 12.6. The van der Waals surface area contributed by atoms with Crippen LogP contribution in [0, 0.1) is 5.92 Å². The molecule has 7 nitrogen and oxygen atoms in total. The van der Waals surface area contributed by atoms with Crippen LogP contribution in [0.3, 0.4) is 0 Å². The minimum atomic E-state index is -3.55. The van der Waals surface area contributed by atoms with E-state index in [0.29, 0.717) is 5.92 Å². The number of hydrogen-bond donors (Lipinski definition) is 0. The number of nitrogens with zero attached hydrogens (tertiary/aromatic N) is 2. The molecular formula is C20H28N2O5S. The maximum absolute atomic E-state index is 12.6. The number of hydrogen-bond acceptors (Lipinski definition) is 5. The molecule has 1 saturated carbocycles. The van der Waals surface area contributed by atoms with Gasteiger partial charge in [0.2, 0.25) is 10.0 Å². The Balaban J connectivity index is 1.58. The van der Waals surface area contributed by atoms with Gasteiger partial charge in [0.05, 0.1) is 10.5 Å². The molecule has 2 aliphatic rings. The Kier molecular flexibility index (Phi) is 6.40. The van der Waals surface area contributed by atoms with Crippen LogP contribution in [-0.4, -0.2) is 62.8 Å². The summed E-state index contributed by atoms with van der Waals surface area (Å²) in [5.74, 6) is -0.190. The van der Waals surface area contributed by atoms with E-state index < -0.39 is 16.0 Å². The molecule has 1 heterocycles. The van der Waals surface area contributed by atoms with Crippen molar-refractivity contribution in [3.63, 3.8) is 0 Å². The number of piperidine rings is 1. The summed E-state index contributed by atoms with van der Waals surface area (Å²) in [6, 6.07) is 5.82. The number of carbonyl (C=O) groups excluding carboxylic acids is 2. The summed E-state index contributed by atoms with van der Waals surface area (Å²) in [7, 11) is -0.661. The molecule has 154 valence electrons. The fraction of sp³-hybridized carbons (Fsp3) is 0.600. The quantitative estimate of drug-likeness (QED) is 0.698. The molecule has 0 spiro atoms. The van der Waals surface area contributed by atoms with Crippen molar-refractivity contribution in [2.75, 3.05) is 27.2 Å². The van der Waals surface area contributed by atoms with Gasteiger partial charge in [-0.05, 0) is 55.9 Å². The van der Waals surface area contributed by atoms with Crippen LogP contribution in [0.4, 0.5) is 0 Å². The molecule has 1 amide bonds. The van der Waals surface area contributed by atoms with E-state index >= 15 is 0 Å². The van der Waals surface area contributed by atoms with E-state index in [0.717, 1.165) is 30.1 Å². The van der Waals surface area contributed by atoms with E-state index in [1.807, 2.05) is 4.90 Å². The molecule has 1 aromatic rings. The smallest absolute Gasteiger partial charge is 0.338 e. The zero-order valence-corrected chi connectivity index (χ0v) is 17.3. The van der Waals surface area contributed by atoms with Crippen molar-refractivity contribution in [1.82, 2.24) is 9.21 Å².